The number of nitrogens with zero attached hydrogens (tertiary/aromatic N) is 1. The molecule has 2 rings (SSSR count). The van der Waals surface area contributed by atoms with Crippen molar-refractivity contribution in [3.63, 3.8) is 0 Å². The lowest BCUT2D eigenvalue weighted by Gasteiger charge is -2.11. The van der Waals surface area contributed by atoms with Gasteiger partial charge >= 0.3 is 0 Å². The molecule has 1 aromatic heterocycles. The first kappa shape index (κ1) is 13.5. The second-order valence-electron chi connectivity index (χ2n) is 4.20. The van der Waals surface area contributed by atoms with E-state index in [0.29, 0.717) is 36.6 Å². The highest BCUT2D eigenvalue weighted by Gasteiger charge is 2.11. The topological polar surface area (TPSA) is 60.2 Å². The number of hydrogen-bond donors (Lipinski definition) is 2. The highest BCUT2D eigenvalue weighted by molar-refractivity contribution is 5.98. The van der Waals surface area contributed by atoms with Crippen molar-refractivity contribution in [1.29, 1.82) is 0 Å². The molecule has 1 aromatic carbocycles. The van der Waals surface area contributed by atoms with E-state index < -0.39 is 0 Å². The number of rotatable bonds is 6. The molecule has 0 atom stereocenters. The lowest BCUT2D eigenvalue weighted by atomic mass is 10.1. The van der Waals surface area contributed by atoms with E-state index in [1.807, 2.05) is 13.0 Å². The second-order valence-corrected chi connectivity index (χ2v) is 4.20. The van der Waals surface area contributed by atoms with Crippen molar-refractivity contribution in [3.05, 3.63) is 30.2 Å². The molecule has 0 radical (unpaired) electrons. The molecule has 102 valence electrons. The van der Waals surface area contributed by atoms with Gasteiger partial charge in [-0.15, -0.1) is 0 Å². The van der Waals surface area contributed by atoms with Gasteiger partial charge in [0.15, 0.2) is 5.82 Å². The number of nitrogens with two attached hydrogens (primary N) is 1. The highest BCUT2D eigenvalue weighted by atomic mass is 19.1. The standard InChI is InChI=1S/C14H18FN3O/c1-2-19-8-4-7-18-14-11(15)9-12(16)10-5-3-6-17-13(10)14/h3,5-6,9,18H,2,4,7-8,16H2,1H3. The summed E-state index contributed by atoms with van der Waals surface area (Å²) in [5.74, 6) is -0.375. The summed E-state index contributed by atoms with van der Waals surface area (Å²) in [6.45, 7) is 3.93. The number of halogens is 1. The van der Waals surface area contributed by atoms with Crippen LogP contribution in [0.25, 0.3) is 10.9 Å². The zero-order valence-electron chi connectivity index (χ0n) is 10.9. The van der Waals surface area contributed by atoms with Crippen molar-refractivity contribution in [2.75, 3.05) is 30.8 Å². The van der Waals surface area contributed by atoms with Crippen LogP contribution in [0.5, 0.6) is 0 Å². The van der Waals surface area contributed by atoms with Crippen LogP contribution in [0.4, 0.5) is 15.8 Å². The predicted molar refractivity (Wildman–Crippen MR) is 75.7 cm³/mol. The Balaban J connectivity index is 2.18. The summed E-state index contributed by atoms with van der Waals surface area (Å²) in [6, 6.07) is 4.95. The number of fused-ring (bicyclic) bond motifs is 1. The summed E-state index contributed by atoms with van der Waals surface area (Å²) in [7, 11) is 0. The maximum atomic E-state index is 13.9. The van der Waals surface area contributed by atoms with Crippen LogP contribution >= 0.6 is 0 Å². The summed E-state index contributed by atoms with van der Waals surface area (Å²) in [6.07, 6.45) is 2.44. The number of ether oxygens (including phenoxy) is 1. The van der Waals surface area contributed by atoms with Gasteiger partial charge in [-0.2, -0.15) is 0 Å². The molecule has 0 aliphatic carbocycles. The Hall–Kier alpha value is -1.88. The van der Waals surface area contributed by atoms with Gasteiger partial charge in [-0.3, -0.25) is 4.98 Å². The maximum Gasteiger partial charge on any atom is 0.150 e. The van der Waals surface area contributed by atoms with E-state index in [1.165, 1.54) is 6.07 Å². The third kappa shape index (κ3) is 3.12. The molecule has 5 heteroatoms. The van der Waals surface area contributed by atoms with Gasteiger partial charge in [0.25, 0.3) is 0 Å². The fraction of sp³-hybridized carbons (Fsp3) is 0.357. The van der Waals surface area contributed by atoms with Crippen LogP contribution in [-0.2, 0) is 4.74 Å². The number of aromatic nitrogens is 1. The van der Waals surface area contributed by atoms with Crippen LogP contribution in [0.15, 0.2) is 24.4 Å². The molecule has 0 fully saturated rings. The molecule has 0 saturated heterocycles. The molecule has 1 heterocycles. The quantitative estimate of drug-likeness (QED) is 0.621. The number of nitrogen functional groups attached to an aromatic ring is 1. The van der Waals surface area contributed by atoms with E-state index in [4.69, 9.17) is 10.5 Å². The summed E-state index contributed by atoms with van der Waals surface area (Å²) >= 11 is 0. The third-order valence-electron chi connectivity index (χ3n) is 2.85. The average molecular weight is 263 g/mol. The molecular formula is C14H18FN3O. The van der Waals surface area contributed by atoms with Gasteiger partial charge in [0.1, 0.15) is 0 Å². The monoisotopic (exact) mass is 263 g/mol. The van der Waals surface area contributed by atoms with E-state index in [9.17, 15) is 4.39 Å². The Kier molecular flexibility index (Phi) is 4.52. The second kappa shape index (κ2) is 6.33. The Morgan fingerprint density at radius 2 is 2.32 bits per heavy atom. The minimum absolute atomic E-state index is 0.375. The number of hydrogen-bond acceptors (Lipinski definition) is 4. The molecule has 0 spiro atoms. The Bertz CT molecular complexity index is 560. The minimum Gasteiger partial charge on any atom is -0.398 e. The van der Waals surface area contributed by atoms with Gasteiger partial charge in [0.2, 0.25) is 0 Å². The van der Waals surface area contributed by atoms with Crippen LogP contribution < -0.4 is 11.1 Å². The molecule has 0 bridgehead atoms. The number of nitrogens with one attached hydrogen (secondary N) is 1. The van der Waals surface area contributed by atoms with Crippen LogP contribution in [0.2, 0.25) is 0 Å². The smallest absolute Gasteiger partial charge is 0.150 e. The van der Waals surface area contributed by atoms with Crippen LogP contribution in [-0.4, -0.2) is 24.7 Å². The molecule has 19 heavy (non-hydrogen) atoms. The first-order valence-corrected chi connectivity index (χ1v) is 6.38. The molecule has 3 N–H and O–H groups in total. The SMILES string of the molecule is CCOCCCNc1c(F)cc(N)c2cccnc12. The summed E-state index contributed by atoms with van der Waals surface area (Å²) in [4.78, 5) is 4.20. The molecule has 4 nitrogen and oxygen atoms in total. The van der Waals surface area contributed by atoms with Gasteiger partial charge in [-0.1, -0.05) is 0 Å². The summed E-state index contributed by atoms with van der Waals surface area (Å²) < 4.78 is 19.2. The Morgan fingerprint density at radius 3 is 3.11 bits per heavy atom. The van der Waals surface area contributed by atoms with Gasteiger partial charge in [0.05, 0.1) is 11.2 Å². The molecule has 0 saturated carbocycles. The van der Waals surface area contributed by atoms with Crippen molar-refractivity contribution in [1.82, 2.24) is 4.98 Å². The fourth-order valence-electron chi connectivity index (χ4n) is 1.94. The van der Waals surface area contributed by atoms with Gasteiger partial charge in [0, 0.05) is 37.0 Å². The van der Waals surface area contributed by atoms with Crippen molar-refractivity contribution < 1.29 is 9.13 Å². The summed E-state index contributed by atoms with van der Waals surface area (Å²) in [5, 5.41) is 3.83. The normalized spacial score (nSPS) is 10.8. The molecular weight excluding hydrogens is 245 g/mol. The number of benzene rings is 1. The largest absolute Gasteiger partial charge is 0.398 e. The summed E-state index contributed by atoms with van der Waals surface area (Å²) in [5.41, 5.74) is 7.17. The first-order chi connectivity index (χ1) is 9.24. The number of pyridine rings is 1. The van der Waals surface area contributed by atoms with E-state index in [2.05, 4.69) is 10.3 Å². The number of anilines is 2. The van der Waals surface area contributed by atoms with Crippen LogP contribution in [0, 0.1) is 5.82 Å². The lowest BCUT2D eigenvalue weighted by Crippen LogP contribution is -2.08. The zero-order valence-corrected chi connectivity index (χ0v) is 10.9. The van der Waals surface area contributed by atoms with E-state index in [1.54, 1.807) is 12.3 Å². The lowest BCUT2D eigenvalue weighted by molar-refractivity contribution is 0.147. The molecule has 2 aromatic rings. The average Bonchev–Trinajstić information content (AvgIpc) is 2.42. The molecule has 0 amide bonds. The Labute approximate surface area is 111 Å². The van der Waals surface area contributed by atoms with Crippen molar-refractivity contribution >= 4 is 22.3 Å². The molecule has 0 aliphatic rings. The van der Waals surface area contributed by atoms with E-state index >= 15 is 0 Å². The Morgan fingerprint density at radius 1 is 1.47 bits per heavy atom. The van der Waals surface area contributed by atoms with Crippen LogP contribution in [0.1, 0.15) is 13.3 Å². The van der Waals surface area contributed by atoms with Crippen molar-refractivity contribution in [2.24, 2.45) is 0 Å². The van der Waals surface area contributed by atoms with Gasteiger partial charge in [-0.05, 0) is 31.5 Å². The van der Waals surface area contributed by atoms with Gasteiger partial charge in [-0.25, -0.2) is 4.39 Å². The van der Waals surface area contributed by atoms with Gasteiger partial charge < -0.3 is 15.8 Å². The fourth-order valence-corrected chi connectivity index (χ4v) is 1.94. The van der Waals surface area contributed by atoms with E-state index in [0.717, 1.165) is 11.8 Å². The highest BCUT2D eigenvalue weighted by Crippen LogP contribution is 2.29. The molecule has 0 unspecified atom stereocenters. The van der Waals surface area contributed by atoms with Crippen LogP contribution in [0.3, 0.4) is 0 Å². The van der Waals surface area contributed by atoms with Crippen molar-refractivity contribution in [3.8, 4) is 0 Å². The maximum absolute atomic E-state index is 13.9. The van der Waals surface area contributed by atoms with E-state index in [-0.39, 0.29) is 5.82 Å². The minimum atomic E-state index is -0.375. The first-order valence-electron chi connectivity index (χ1n) is 6.38. The third-order valence-corrected chi connectivity index (χ3v) is 2.85. The van der Waals surface area contributed by atoms with Crippen molar-refractivity contribution in [2.45, 2.75) is 13.3 Å². The molecule has 0 aliphatic heterocycles. The predicted octanol–water partition coefficient (Wildman–Crippen LogP) is 2.79. The zero-order chi connectivity index (χ0) is 13.7.